The van der Waals surface area contributed by atoms with Gasteiger partial charge in [0.15, 0.2) is 0 Å². The SMILES string of the molecule is CCn1ncc(NC(=O)c2ccc(C(=O)OC)cc2)c1C(=O)N(C)C. The fraction of sp³-hybridized carbons (Fsp3) is 0.294. The van der Waals surface area contributed by atoms with Crippen molar-refractivity contribution in [3.8, 4) is 0 Å². The predicted octanol–water partition coefficient (Wildman–Crippen LogP) is 1.64. The van der Waals surface area contributed by atoms with E-state index in [-0.39, 0.29) is 5.91 Å². The largest absolute Gasteiger partial charge is 0.465 e. The van der Waals surface area contributed by atoms with E-state index in [1.54, 1.807) is 14.1 Å². The number of nitrogens with one attached hydrogen (secondary N) is 1. The lowest BCUT2D eigenvalue weighted by molar-refractivity contribution is 0.0600. The summed E-state index contributed by atoms with van der Waals surface area (Å²) >= 11 is 0. The topological polar surface area (TPSA) is 93.5 Å². The van der Waals surface area contributed by atoms with E-state index in [4.69, 9.17) is 0 Å². The zero-order valence-electron chi connectivity index (χ0n) is 14.6. The predicted molar refractivity (Wildman–Crippen MR) is 91.7 cm³/mol. The number of amides is 2. The lowest BCUT2D eigenvalue weighted by Gasteiger charge is -2.13. The fourth-order valence-electron chi connectivity index (χ4n) is 2.22. The number of methoxy groups -OCH3 is 1. The minimum atomic E-state index is -0.477. The van der Waals surface area contributed by atoms with Gasteiger partial charge in [-0.3, -0.25) is 14.3 Å². The maximum atomic E-state index is 12.4. The first-order valence-corrected chi connectivity index (χ1v) is 7.66. The van der Waals surface area contributed by atoms with Crippen molar-refractivity contribution >= 4 is 23.5 Å². The highest BCUT2D eigenvalue weighted by Gasteiger charge is 2.21. The molecule has 8 heteroatoms. The van der Waals surface area contributed by atoms with Crippen molar-refractivity contribution < 1.29 is 19.1 Å². The standard InChI is InChI=1S/C17H20N4O4/c1-5-21-14(16(23)20(2)3)13(10-18-21)19-15(22)11-6-8-12(9-7-11)17(24)25-4/h6-10H,5H2,1-4H3,(H,19,22). The molecule has 2 rings (SSSR count). The summed E-state index contributed by atoms with van der Waals surface area (Å²) in [6.45, 7) is 2.36. The molecule has 1 heterocycles. The molecule has 8 nitrogen and oxygen atoms in total. The summed E-state index contributed by atoms with van der Waals surface area (Å²) in [7, 11) is 4.55. The van der Waals surface area contributed by atoms with E-state index < -0.39 is 11.9 Å². The quantitative estimate of drug-likeness (QED) is 0.832. The Morgan fingerprint density at radius 2 is 1.76 bits per heavy atom. The zero-order chi connectivity index (χ0) is 18.6. The number of hydrogen-bond donors (Lipinski definition) is 1. The van der Waals surface area contributed by atoms with Crippen LogP contribution in [0.3, 0.4) is 0 Å². The number of aromatic nitrogens is 2. The number of carbonyl (C=O) groups is 3. The highest BCUT2D eigenvalue weighted by molar-refractivity contribution is 6.08. The number of esters is 1. The molecule has 0 bridgehead atoms. The van der Waals surface area contributed by atoms with Crippen LogP contribution < -0.4 is 5.32 Å². The number of aryl methyl sites for hydroxylation is 1. The van der Waals surface area contributed by atoms with E-state index >= 15 is 0 Å². The molecule has 0 aliphatic carbocycles. The number of anilines is 1. The minimum Gasteiger partial charge on any atom is -0.465 e. The van der Waals surface area contributed by atoms with Gasteiger partial charge in [0.25, 0.3) is 11.8 Å². The Kier molecular flexibility index (Phi) is 5.53. The molecule has 0 atom stereocenters. The van der Waals surface area contributed by atoms with Crippen LogP contribution in [-0.4, -0.2) is 53.7 Å². The molecule has 0 saturated carbocycles. The Balaban J connectivity index is 2.25. The summed E-state index contributed by atoms with van der Waals surface area (Å²) in [5.41, 5.74) is 1.34. The molecule has 25 heavy (non-hydrogen) atoms. The monoisotopic (exact) mass is 344 g/mol. The smallest absolute Gasteiger partial charge is 0.337 e. The average Bonchev–Trinajstić information content (AvgIpc) is 3.02. The molecular formula is C17H20N4O4. The molecule has 0 aliphatic rings. The van der Waals surface area contributed by atoms with Gasteiger partial charge in [-0.2, -0.15) is 5.10 Å². The second-order valence-corrected chi connectivity index (χ2v) is 5.45. The number of nitrogens with zero attached hydrogens (tertiary/aromatic N) is 3. The van der Waals surface area contributed by atoms with Crippen molar-refractivity contribution in [2.24, 2.45) is 0 Å². The molecule has 0 fully saturated rings. The first kappa shape index (κ1) is 18.2. The first-order valence-electron chi connectivity index (χ1n) is 7.66. The molecule has 132 valence electrons. The van der Waals surface area contributed by atoms with Crippen LogP contribution in [0.4, 0.5) is 5.69 Å². The number of benzene rings is 1. The Bertz CT molecular complexity index is 793. The van der Waals surface area contributed by atoms with Crippen LogP contribution in [0.1, 0.15) is 38.1 Å². The van der Waals surface area contributed by atoms with E-state index in [1.165, 1.54) is 47.2 Å². The van der Waals surface area contributed by atoms with Gasteiger partial charge in [-0.1, -0.05) is 0 Å². The van der Waals surface area contributed by atoms with Crippen LogP contribution in [0, 0.1) is 0 Å². The zero-order valence-corrected chi connectivity index (χ0v) is 14.6. The van der Waals surface area contributed by atoms with Crippen LogP contribution in [0.25, 0.3) is 0 Å². The average molecular weight is 344 g/mol. The maximum absolute atomic E-state index is 12.4. The maximum Gasteiger partial charge on any atom is 0.337 e. The molecule has 2 aromatic rings. The van der Waals surface area contributed by atoms with E-state index in [0.717, 1.165) is 0 Å². The molecule has 0 saturated heterocycles. The third kappa shape index (κ3) is 3.85. The molecule has 0 spiro atoms. The molecule has 0 aliphatic heterocycles. The van der Waals surface area contributed by atoms with Crippen molar-refractivity contribution in [2.75, 3.05) is 26.5 Å². The van der Waals surface area contributed by atoms with Crippen LogP contribution in [0.2, 0.25) is 0 Å². The van der Waals surface area contributed by atoms with Crippen LogP contribution in [0.15, 0.2) is 30.5 Å². The van der Waals surface area contributed by atoms with Crippen molar-refractivity contribution in [1.29, 1.82) is 0 Å². The van der Waals surface area contributed by atoms with Gasteiger partial charge in [0.2, 0.25) is 0 Å². The van der Waals surface area contributed by atoms with E-state index in [1.807, 2.05) is 6.92 Å². The Morgan fingerprint density at radius 1 is 1.16 bits per heavy atom. The van der Waals surface area contributed by atoms with Gasteiger partial charge in [0.1, 0.15) is 5.69 Å². The summed E-state index contributed by atoms with van der Waals surface area (Å²) < 4.78 is 6.15. The van der Waals surface area contributed by atoms with Gasteiger partial charge in [-0.15, -0.1) is 0 Å². The van der Waals surface area contributed by atoms with E-state index in [0.29, 0.717) is 29.1 Å². The van der Waals surface area contributed by atoms with Gasteiger partial charge >= 0.3 is 5.97 Å². The second-order valence-electron chi connectivity index (χ2n) is 5.45. The Hall–Kier alpha value is -3.16. The van der Waals surface area contributed by atoms with Crippen molar-refractivity contribution in [3.63, 3.8) is 0 Å². The molecule has 1 N–H and O–H groups in total. The molecule has 1 aromatic heterocycles. The number of hydrogen-bond acceptors (Lipinski definition) is 5. The van der Waals surface area contributed by atoms with Crippen molar-refractivity contribution in [3.05, 3.63) is 47.3 Å². The van der Waals surface area contributed by atoms with Gasteiger partial charge in [-0.05, 0) is 31.2 Å². The molecule has 1 aromatic carbocycles. The third-order valence-corrected chi connectivity index (χ3v) is 3.56. The van der Waals surface area contributed by atoms with Gasteiger partial charge in [0.05, 0.1) is 24.6 Å². The lowest BCUT2D eigenvalue weighted by Crippen LogP contribution is -2.26. The highest BCUT2D eigenvalue weighted by atomic mass is 16.5. The summed E-state index contributed by atoms with van der Waals surface area (Å²) in [4.78, 5) is 37.6. The first-order chi connectivity index (χ1) is 11.9. The second kappa shape index (κ2) is 7.61. The lowest BCUT2D eigenvalue weighted by atomic mass is 10.1. The van der Waals surface area contributed by atoms with Gasteiger partial charge < -0.3 is 15.0 Å². The van der Waals surface area contributed by atoms with Crippen molar-refractivity contribution in [2.45, 2.75) is 13.5 Å². The number of rotatable bonds is 5. The highest BCUT2D eigenvalue weighted by Crippen LogP contribution is 2.18. The van der Waals surface area contributed by atoms with Crippen LogP contribution in [0.5, 0.6) is 0 Å². The van der Waals surface area contributed by atoms with Crippen LogP contribution in [-0.2, 0) is 11.3 Å². The Labute approximate surface area is 145 Å². The summed E-state index contributed by atoms with van der Waals surface area (Å²) in [6.07, 6.45) is 1.45. The van der Waals surface area contributed by atoms with E-state index in [9.17, 15) is 14.4 Å². The van der Waals surface area contributed by atoms with E-state index in [2.05, 4.69) is 15.2 Å². The van der Waals surface area contributed by atoms with Crippen LogP contribution >= 0.6 is 0 Å². The molecule has 0 unspecified atom stereocenters. The minimum absolute atomic E-state index is 0.254. The Morgan fingerprint density at radius 3 is 2.28 bits per heavy atom. The normalized spacial score (nSPS) is 10.2. The van der Waals surface area contributed by atoms with Gasteiger partial charge in [0, 0.05) is 26.2 Å². The summed E-state index contributed by atoms with van der Waals surface area (Å²) in [6, 6.07) is 6.03. The molecule has 0 radical (unpaired) electrons. The van der Waals surface area contributed by atoms with Crippen molar-refractivity contribution in [1.82, 2.24) is 14.7 Å². The number of carbonyl (C=O) groups excluding carboxylic acids is 3. The summed E-state index contributed by atoms with van der Waals surface area (Å²) in [5.74, 6) is -1.13. The van der Waals surface area contributed by atoms with Gasteiger partial charge in [-0.25, -0.2) is 4.79 Å². The third-order valence-electron chi connectivity index (χ3n) is 3.56. The summed E-state index contributed by atoms with van der Waals surface area (Å²) in [5, 5.41) is 6.82. The fourth-order valence-corrected chi connectivity index (χ4v) is 2.22. The number of ether oxygens (including phenoxy) is 1. The molecule has 2 amide bonds. The molecular weight excluding hydrogens is 324 g/mol.